The average Bonchev–Trinajstić information content (AvgIpc) is 2.72. The van der Waals surface area contributed by atoms with E-state index >= 15 is 0 Å². The predicted octanol–water partition coefficient (Wildman–Crippen LogP) is 2.31. The highest BCUT2D eigenvalue weighted by Gasteiger charge is 2.38. The van der Waals surface area contributed by atoms with E-state index in [4.69, 9.17) is 9.47 Å². The molecule has 0 aliphatic carbocycles. The Morgan fingerprint density at radius 3 is 2.59 bits per heavy atom. The van der Waals surface area contributed by atoms with Crippen LogP contribution in [0.1, 0.15) is 17.2 Å². The zero-order chi connectivity index (χ0) is 19.0. The van der Waals surface area contributed by atoms with Crippen LogP contribution >= 0.6 is 0 Å². The van der Waals surface area contributed by atoms with Crippen molar-refractivity contribution in [3.8, 4) is 11.5 Å². The number of sulfonamides is 1. The zero-order valence-electron chi connectivity index (χ0n) is 15.6. The molecular weight excluding hydrogens is 364 g/mol. The SMILES string of the molecule is COc1ccc(OC)c(S(=O)(=O)N2CCN3CCc4ccccc4C3C2)c1. The van der Waals surface area contributed by atoms with E-state index in [-0.39, 0.29) is 10.9 Å². The topological polar surface area (TPSA) is 59.1 Å². The summed E-state index contributed by atoms with van der Waals surface area (Å²) in [5.74, 6) is 0.832. The van der Waals surface area contributed by atoms with Crippen LogP contribution < -0.4 is 9.47 Å². The van der Waals surface area contributed by atoms with Gasteiger partial charge in [-0.3, -0.25) is 4.90 Å². The Balaban J connectivity index is 1.69. The van der Waals surface area contributed by atoms with Crippen molar-refractivity contribution < 1.29 is 17.9 Å². The molecule has 4 rings (SSSR count). The molecule has 6 nitrogen and oxygen atoms in total. The van der Waals surface area contributed by atoms with Crippen LogP contribution in [0.5, 0.6) is 11.5 Å². The molecule has 0 N–H and O–H groups in total. The number of hydrogen-bond acceptors (Lipinski definition) is 5. The number of ether oxygens (including phenoxy) is 2. The van der Waals surface area contributed by atoms with Crippen molar-refractivity contribution in [2.75, 3.05) is 40.4 Å². The lowest BCUT2D eigenvalue weighted by atomic mass is 9.91. The summed E-state index contributed by atoms with van der Waals surface area (Å²) >= 11 is 0. The summed E-state index contributed by atoms with van der Waals surface area (Å²) < 4.78 is 38.9. The third-order valence-electron chi connectivity index (χ3n) is 5.53. The summed E-state index contributed by atoms with van der Waals surface area (Å²) in [5, 5.41) is 0. The number of fused-ring (bicyclic) bond motifs is 3. The van der Waals surface area contributed by atoms with E-state index in [9.17, 15) is 8.42 Å². The molecule has 0 spiro atoms. The van der Waals surface area contributed by atoms with Gasteiger partial charge in [0.25, 0.3) is 0 Å². The quantitative estimate of drug-likeness (QED) is 0.804. The van der Waals surface area contributed by atoms with Gasteiger partial charge >= 0.3 is 0 Å². The van der Waals surface area contributed by atoms with Crippen molar-refractivity contribution in [2.24, 2.45) is 0 Å². The van der Waals surface area contributed by atoms with Gasteiger partial charge in [-0.15, -0.1) is 0 Å². The Morgan fingerprint density at radius 1 is 1.00 bits per heavy atom. The molecular formula is C20H24N2O4S. The highest BCUT2D eigenvalue weighted by Crippen LogP contribution is 2.36. The predicted molar refractivity (Wildman–Crippen MR) is 103 cm³/mol. The first-order chi connectivity index (χ1) is 13.0. The van der Waals surface area contributed by atoms with Gasteiger partial charge in [-0.25, -0.2) is 8.42 Å². The lowest BCUT2D eigenvalue weighted by molar-refractivity contribution is 0.109. The summed E-state index contributed by atoms with van der Waals surface area (Å²) in [6.07, 6.45) is 1.02. The second-order valence-corrected chi connectivity index (χ2v) is 8.79. The highest BCUT2D eigenvalue weighted by molar-refractivity contribution is 7.89. The molecule has 2 heterocycles. The Labute approximate surface area is 160 Å². The molecule has 0 bridgehead atoms. The Morgan fingerprint density at radius 2 is 1.81 bits per heavy atom. The lowest BCUT2D eigenvalue weighted by Crippen LogP contribution is -2.52. The normalized spacial score (nSPS) is 20.6. The van der Waals surface area contributed by atoms with Crippen molar-refractivity contribution in [3.63, 3.8) is 0 Å². The lowest BCUT2D eigenvalue weighted by Gasteiger charge is -2.44. The first-order valence-corrected chi connectivity index (χ1v) is 10.5. The molecule has 0 saturated carbocycles. The van der Waals surface area contributed by atoms with E-state index in [1.54, 1.807) is 16.4 Å². The van der Waals surface area contributed by atoms with Crippen molar-refractivity contribution in [1.82, 2.24) is 9.21 Å². The van der Waals surface area contributed by atoms with E-state index < -0.39 is 10.0 Å². The summed E-state index contributed by atoms with van der Waals surface area (Å²) in [6.45, 7) is 2.61. The summed E-state index contributed by atoms with van der Waals surface area (Å²) in [5.41, 5.74) is 2.55. The van der Waals surface area contributed by atoms with Crippen LogP contribution in [0.15, 0.2) is 47.4 Å². The van der Waals surface area contributed by atoms with Gasteiger partial charge in [0.1, 0.15) is 16.4 Å². The van der Waals surface area contributed by atoms with Crippen molar-refractivity contribution in [2.45, 2.75) is 17.4 Å². The molecule has 2 aromatic carbocycles. The van der Waals surface area contributed by atoms with Crippen LogP contribution in [-0.4, -0.2) is 58.0 Å². The number of methoxy groups -OCH3 is 2. The van der Waals surface area contributed by atoms with E-state index in [0.29, 0.717) is 24.6 Å². The minimum absolute atomic E-state index is 0.0927. The maximum absolute atomic E-state index is 13.4. The summed E-state index contributed by atoms with van der Waals surface area (Å²) in [7, 11) is -0.683. The molecule has 2 aliphatic rings. The average molecular weight is 388 g/mol. The number of piperazine rings is 1. The number of hydrogen-bond donors (Lipinski definition) is 0. The summed E-state index contributed by atoms with van der Waals surface area (Å²) in [6, 6.07) is 13.3. The van der Waals surface area contributed by atoms with Gasteiger partial charge in [0, 0.05) is 38.3 Å². The fraction of sp³-hybridized carbons (Fsp3) is 0.400. The van der Waals surface area contributed by atoms with Gasteiger partial charge < -0.3 is 9.47 Å². The third kappa shape index (κ3) is 3.20. The van der Waals surface area contributed by atoms with Gasteiger partial charge in [-0.2, -0.15) is 4.31 Å². The van der Waals surface area contributed by atoms with Crippen LogP contribution in [0.4, 0.5) is 0 Å². The van der Waals surface area contributed by atoms with E-state index in [1.807, 2.05) is 12.1 Å². The summed E-state index contributed by atoms with van der Waals surface area (Å²) in [4.78, 5) is 2.54. The molecule has 144 valence electrons. The molecule has 1 saturated heterocycles. The van der Waals surface area contributed by atoms with Gasteiger partial charge in [0.2, 0.25) is 10.0 Å². The largest absolute Gasteiger partial charge is 0.497 e. The van der Waals surface area contributed by atoms with Crippen molar-refractivity contribution in [3.05, 3.63) is 53.6 Å². The second kappa shape index (κ2) is 7.14. The molecule has 7 heteroatoms. The maximum Gasteiger partial charge on any atom is 0.247 e. The molecule has 0 aromatic heterocycles. The minimum atomic E-state index is -3.69. The van der Waals surface area contributed by atoms with Crippen LogP contribution in [0.3, 0.4) is 0 Å². The monoisotopic (exact) mass is 388 g/mol. The van der Waals surface area contributed by atoms with Crippen molar-refractivity contribution in [1.29, 1.82) is 0 Å². The van der Waals surface area contributed by atoms with E-state index in [2.05, 4.69) is 17.0 Å². The molecule has 27 heavy (non-hydrogen) atoms. The molecule has 0 radical (unpaired) electrons. The smallest absolute Gasteiger partial charge is 0.247 e. The van der Waals surface area contributed by atoms with Crippen LogP contribution in [0.25, 0.3) is 0 Å². The minimum Gasteiger partial charge on any atom is -0.497 e. The number of benzene rings is 2. The molecule has 0 amide bonds. The van der Waals surface area contributed by atoms with Gasteiger partial charge in [-0.05, 0) is 29.7 Å². The fourth-order valence-electron chi connectivity index (χ4n) is 4.05. The first kappa shape index (κ1) is 18.3. The second-order valence-electron chi connectivity index (χ2n) is 6.88. The highest BCUT2D eigenvalue weighted by atomic mass is 32.2. The first-order valence-electron chi connectivity index (χ1n) is 9.08. The van der Waals surface area contributed by atoms with Crippen LogP contribution in [0.2, 0.25) is 0 Å². The molecule has 2 aliphatic heterocycles. The Hall–Kier alpha value is -2.09. The molecule has 1 unspecified atom stereocenters. The molecule has 1 atom stereocenters. The molecule has 2 aromatic rings. The van der Waals surface area contributed by atoms with E-state index in [0.717, 1.165) is 19.5 Å². The van der Waals surface area contributed by atoms with Crippen LogP contribution in [-0.2, 0) is 16.4 Å². The number of nitrogens with zero attached hydrogens (tertiary/aromatic N) is 2. The number of rotatable bonds is 4. The maximum atomic E-state index is 13.4. The van der Waals surface area contributed by atoms with E-state index in [1.165, 1.54) is 31.4 Å². The zero-order valence-corrected chi connectivity index (χ0v) is 16.4. The molecule has 1 fully saturated rings. The van der Waals surface area contributed by atoms with Gasteiger partial charge in [0.05, 0.1) is 14.2 Å². The third-order valence-corrected chi connectivity index (χ3v) is 7.41. The standard InChI is InChI=1S/C20H24N2O4S/c1-25-16-7-8-19(26-2)20(13-16)27(23,24)22-12-11-21-10-9-15-5-3-4-6-17(15)18(21)14-22/h3-8,13,18H,9-12,14H2,1-2H3. The Kier molecular flexibility index (Phi) is 4.84. The van der Waals surface area contributed by atoms with Gasteiger partial charge in [-0.1, -0.05) is 24.3 Å². The van der Waals surface area contributed by atoms with Crippen molar-refractivity contribution >= 4 is 10.0 Å². The fourth-order valence-corrected chi connectivity index (χ4v) is 5.66. The van der Waals surface area contributed by atoms with Crippen LogP contribution in [0, 0.1) is 0 Å². The van der Waals surface area contributed by atoms with Gasteiger partial charge in [0.15, 0.2) is 0 Å². The Bertz CT molecular complexity index is 945.